The summed E-state index contributed by atoms with van der Waals surface area (Å²) in [5, 5.41) is 47.5. The first-order valence-electron chi connectivity index (χ1n) is 13.5. The van der Waals surface area contributed by atoms with Crippen LogP contribution in [0.2, 0.25) is 0 Å². The Balaban J connectivity index is 1.69. The first-order chi connectivity index (χ1) is 18.7. The zero-order valence-electron chi connectivity index (χ0n) is 22.7. The van der Waals surface area contributed by atoms with Gasteiger partial charge in [-0.2, -0.15) is 0 Å². The molecule has 1 unspecified atom stereocenters. The Hall–Kier alpha value is -2.83. The van der Waals surface area contributed by atoms with Crippen molar-refractivity contribution < 1.29 is 53.8 Å². The fraction of sp³-hybridized carbons (Fsp3) is 0.621. The molecule has 4 N–H and O–H groups in total. The highest BCUT2D eigenvalue weighted by molar-refractivity contribution is 5.91. The number of ether oxygens (including phenoxy) is 4. The Labute approximate surface area is 230 Å². The summed E-state index contributed by atoms with van der Waals surface area (Å²) < 4.78 is 23.5. The Morgan fingerprint density at radius 1 is 1.12 bits per heavy atom. The van der Waals surface area contributed by atoms with Crippen LogP contribution < -0.4 is 0 Å². The fourth-order valence-corrected chi connectivity index (χ4v) is 8.56. The summed E-state index contributed by atoms with van der Waals surface area (Å²) in [5.74, 6) is -3.78. The van der Waals surface area contributed by atoms with E-state index in [1.165, 1.54) is 27.7 Å². The van der Waals surface area contributed by atoms with Crippen LogP contribution in [0, 0.1) is 16.7 Å². The van der Waals surface area contributed by atoms with E-state index in [4.69, 9.17) is 18.9 Å². The zero-order chi connectivity index (χ0) is 29.0. The van der Waals surface area contributed by atoms with Gasteiger partial charge in [0, 0.05) is 13.3 Å². The molecule has 0 aromatic heterocycles. The first kappa shape index (κ1) is 27.3. The summed E-state index contributed by atoms with van der Waals surface area (Å²) in [6, 6.07) is 8.14. The third-order valence-electron chi connectivity index (χ3n) is 10.3. The molecule has 2 aliphatic heterocycles. The van der Waals surface area contributed by atoms with Crippen molar-refractivity contribution in [3.8, 4) is 0 Å². The van der Waals surface area contributed by atoms with Crippen LogP contribution >= 0.6 is 0 Å². The SMILES string of the molecule is CC(=O)O[C@@]12CO[C@@H]1C[C@H](O)[C@@]13COC(=O)[C@]1(O)C1=C(C)[C@@H](O)C[C@@]1(C(C)(C)O)[C@@H](OC(=O)c1ccccc1)C32. The number of cyclic esters (lactones) is 1. The number of rotatable bonds is 4. The van der Waals surface area contributed by atoms with Crippen molar-refractivity contribution in [2.24, 2.45) is 16.7 Å². The highest BCUT2D eigenvalue weighted by Gasteiger charge is 2.88. The molecule has 11 heteroatoms. The van der Waals surface area contributed by atoms with Gasteiger partial charge in [-0.25, -0.2) is 9.59 Å². The largest absolute Gasteiger partial charge is 0.462 e. The third kappa shape index (κ3) is 2.99. The summed E-state index contributed by atoms with van der Waals surface area (Å²) in [6.07, 6.45) is -5.24. The van der Waals surface area contributed by atoms with Crippen molar-refractivity contribution in [2.45, 2.75) is 81.8 Å². The molecule has 216 valence electrons. The molecular formula is C29H34O11. The number of carbonyl (C=O) groups is 3. The van der Waals surface area contributed by atoms with Crippen LogP contribution in [0.25, 0.3) is 0 Å². The molecule has 0 radical (unpaired) electrons. The monoisotopic (exact) mass is 558 g/mol. The molecule has 9 atom stereocenters. The standard InChI is InChI=1S/C29H34O11/c1-14-17(31)11-26(25(3,4)35)20(14)29(36)24(34)38-12-27(29)18(32)10-19-28(13-37-19,40-15(2)30)21(27)22(26)39-23(33)16-8-6-5-7-9-16/h5-9,17-19,21-22,31-32,35-36H,10-13H2,1-4H3/t17-,18-,19+,21?,22-,26-,27+,28-,29+/m0/s1. The van der Waals surface area contributed by atoms with Crippen LogP contribution in [0.5, 0.6) is 0 Å². The van der Waals surface area contributed by atoms with Crippen LogP contribution in [-0.4, -0.2) is 92.8 Å². The second kappa shape index (κ2) is 8.36. The van der Waals surface area contributed by atoms with Crippen molar-refractivity contribution >= 4 is 17.9 Å². The number of fused-ring (bicyclic) bond motifs is 4. The maximum Gasteiger partial charge on any atom is 0.343 e. The van der Waals surface area contributed by atoms with Gasteiger partial charge in [-0.05, 0) is 50.5 Å². The summed E-state index contributed by atoms with van der Waals surface area (Å²) in [5.41, 5.74) is -9.14. The summed E-state index contributed by atoms with van der Waals surface area (Å²) >= 11 is 0. The average molecular weight is 559 g/mol. The van der Waals surface area contributed by atoms with Crippen molar-refractivity contribution in [3.63, 3.8) is 0 Å². The number of hydrogen-bond donors (Lipinski definition) is 4. The molecule has 3 aliphatic carbocycles. The van der Waals surface area contributed by atoms with E-state index >= 15 is 0 Å². The lowest BCUT2D eigenvalue weighted by Crippen LogP contribution is -2.85. The molecular weight excluding hydrogens is 524 g/mol. The highest BCUT2D eigenvalue weighted by atomic mass is 16.6. The van der Waals surface area contributed by atoms with Gasteiger partial charge >= 0.3 is 17.9 Å². The molecule has 1 aromatic rings. The van der Waals surface area contributed by atoms with E-state index in [2.05, 4.69) is 0 Å². The lowest BCUT2D eigenvalue weighted by Gasteiger charge is -2.70. The first-order valence-corrected chi connectivity index (χ1v) is 13.5. The van der Waals surface area contributed by atoms with Gasteiger partial charge in [0.1, 0.15) is 18.8 Å². The maximum atomic E-state index is 13.7. The second-order valence-electron chi connectivity index (χ2n) is 12.4. The molecule has 4 fully saturated rings. The molecule has 2 heterocycles. The molecule has 5 aliphatic rings. The van der Waals surface area contributed by atoms with Crippen molar-refractivity contribution in [3.05, 3.63) is 47.0 Å². The Morgan fingerprint density at radius 3 is 2.38 bits per heavy atom. The van der Waals surface area contributed by atoms with Gasteiger partial charge in [-0.1, -0.05) is 18.2 Å². The molecule has 2 saturated heterocycles. The lowest BCUT2D eigenvalue weighted by molar-refractivity contribution is -0.368. The summed E-state index contributed by atoms with van der Waals surface area (Å²) in [6.45, 7) is 5.00. The highest BCUT2D eigenvalue weighted by Crippen LogP contribution is 2.74. The smallest absolute Gasteiger partial charge is 0.343 e. The van der Waals surface area contributed by atoms with E-state index in [-0.39, 0.29) is 36.2 Å². The maximum absolute atomic E-state index is 13.7. The zero-order valence-corrected chi connectivity index (χ0v) is 22.7. The van der Waals surface area contributed by atoms with Gasteiger partial charge in [0.25, 0.3) is 0 Å². The number of hydrogen-bond acceptors (Lipinski definition) is 11. The quantitative estimate of drug-likeness (QED) is 0.230. The van der Waals surface area contributed by atoms with Crippen LogP contribution in [0.4, 0.5) is 0 Å². The Kier molecular flexibility index (Phi) is 5.71. The molecule has 0 bridgehead atoms. The van der Waals surface area contributed by atoms with Crippen LogP contribution in [0.15, 0.2) is 41.5 Å². The van der Waals surface area contributed by atoms with Gasteiger partial charge in [0.15, 0.2) is 11.2 Å². The van der Waals surface area contributed by atoms with Crippen LogP contribution in [0.3, 0.4) is 0 Å². The Morgan fingerprint density at radius 2 is 1.80 bits per heavy atom. The van der Waals surface area contributed by atoms with Crippen LogP contribution in [0.1, 0.15) is 50.9 Å². The van der Waals surface area contributed by atoms with Crippen molar-refractivity contribution in [2.75, 3.05) is 13.2 Å². The van der Waals surface area contributed by atoms with E-state index in [1.54, 1.807) is 30.3 Å². The van der Waals surface area contributed by atoms with Crippen molar-refractivity contribution in [1.29, 1.82) is 0 Å². The van der Waals surface area contributed by atoms with E-state index in [1.807, 2.05) is 0 Å². The fourth-order valence-electron chi connectivity index (χ4n) is 8.56. The minimum absolute atomic E-state index is 0.0414. The van der Waals surface area contributed by atoms with Crippen molar-refractivity contribution in [1.82, 2.24) is 0 Å². The molecule has 6 rings (SSSR count). The number of benzene rings is 1. The average Bonchev–Trinajstić information content (AvgIpc) is 3.31. The molecule has 1 spiro atoms. The van der Waals surface area contributed by atoms with Gasteiger partial charge in [0.2, 0.25) is 0 Å². The van der Waals surface area contributed by atoms with Gasteiger partial charge < -0.3 is 39.4 Å². The predicted octanol–water partition coefficient (Wildman–Crippen LogP) is 0.420. The van der Waals surface area contributed by atoms with Crippen LogP contribution in [-0.2, 0) is 28.5 Å². The predicted molar refractivity (Wildman–Crippen MR) is 134 cm³/mol. The van der Waals surface area contributed by atoms with Gasteiger partial charge in [0.05, 0.1) is 46.7 Å². The molecule has 1 aromatic carbocycles. The lowest BCUT2D eigenvalue weighted by atomic mass is 9.38. The topological polar surface area (TPSA) is 169 Å². The van der Waals surface area contributed by atoms with Gasteiger partial charge in [-0.15, -0.1) is 0 Å². The molecule has 40 heavy (non-hydrogen) atoms. The minimum atomic E-state index is -2.54. The second-order valence-corrected chi connectivity index (χ2v) is 12.4. The molecule has 0 amide bonds. The number of aliphatic hydroxyl groups is 4. The minimum Gasteiger partial charge on any atom is -0.462 e. The molecule has 2 saturated carbocycles. The van der Waals surface area contributed by atoms with Gasteiger partial charge in [-0.3, -0.25) is 4.79 Å². The van der Waals surface area contributed by atoms with E-state index in [0.29, 0.717) is 0 Å². The number of aliphatic hydroxyl groups excluding tert-OH is 2. The number of carbonyl (C=O) groups excluding carboxylic acids is 3. The summed E-state index contributed by atoms with van der Waals surface area (Å²) in [4.78, 5) is 39.9. The molecule has 11 nitrogen and oxygen atoms in total. The van der Waals surface area contributed by atoms with E-state index in [9.17, 15) is 34.8 Å². The summed E-state index contributed by atoms with van der Waals surface area (Å²) in [7, 11) is 0. The van der Waals surface area contributed by atoms with E-state index < -0.39 is 82.5 Å². The third-order valence-corrected chi connectivity index (χ3v) is 10.3. The number of esters is 3. The Bertz CT molecular complexity index is 1320. The van der Waals surface area contributed by atoms with E-state index in [0.717, 1.165) is 0 Å². The normalized spacial score (nSPS) is 43.5.